The summed E-state index contributed by atoms with van der Waals surface area (Å²) in [5.41, 5.74) is 1.61. The largest absolute Gasteiger partial charge is 0.491 e. The van der Waals surface area contributed by atoms with E-state index in [9.17, 15) is 14.3 Å². The van der Waals surface area contributed by atoms with Gasteiger partial charge >= 0.3 is 0 Å². The highest BCUT2D eigenvalue weighted by atomic mass is 35.5. The van der Waals surface area contributed by atoms with Crippen molar-refractivity contribution in [1.29, 1.82) is 0 Å². The average molecular weight is 450 g/mol. The standard InChI is InChI=1S/C23H29ClFN3O3/c1-16(29)26-21-4-2-3-5-22(21)31-13-10-23(30)27-18-8-11-28(12-9-18)15-17-6-7-20(25)19(24)14-17/h2-7,14,18,23,27,30H,8-13,15H2,1H3,(H,26,29). The molecule has 1 unspecified atom stereocenters. The second kappa shape index (κ2) is 11.4. The van der Waals surface area contributed by atoms with Crippen molar-refractivity contribution in [2.45, 2.75) is 45.0 Å². The number of halogens is 2. The maximum absolute atomic E-state index is 13.3. The Morgan fingerprint density at radius 2 is 2.03 bits per heavy atom. The maximum atomic E-state index is 13.3. The normalized spacial score (nSPS) is 16.1. The van der Waals surface area contributed by atoms with Crippen molar-refractivity contribution >= 4 is 23.2 Å². The van der Waals surface area contributed by atoms with Gasteiger partial charge in [0.25, 0.3) is 0 Å². The Morgan fingerprint density at radius 1 is 1.29 bits per heavy atom. The van der Waals surface area contributed by atoms with Crippen LogP contribution in [-0.4, -0.2) is 47.9 Å². The van der Waals surface area contributed by atoms with Crippen molar-refractivity contribution in [3.63, 3.8) is 0 Å². The third-order valence-corrected chi connectivity index (χ3v) is 5.54. The van der Waals surface area contributed by atoms with E-state index < -0.39 is 12.0 Å². The van der Waals surface area contributed by atoms with Gasteiger partial charge in [-0.15, -0.1) is 0 Å². The molecule has 0 aromatic heterocycles. The zero-order valence-electron chi connectivity index (χ0n) is 17.6. The molecule has 3 N–H and O–H groups in total. The van der Waals surface area contributed by atoms with Gasteiger partial charge in [0.2, 0.25) is 5.91 Å². The summed E-state index contributed by atoms with van der Waals surface area (Å²) in [5, 5.41) is 16.5. The summed E-state index contributed by atoms with van der Waals surface area (Å²) >= 11 is 5.86. The molecule has 1 fully saturated rings. The first kappa shape index (κ1) is 23.5. The Hall–Kier alpha value is -2.19. The number of aliphatic hydroxyl groups is 1. The molecule has 6 nitrogen and oxygen atoms in total. The van der Waals surface area contributed by atoms with E-state index in [0.29, 0.717) is 24.5 Å². The second-order valence-electron chi connectivity index (χ2n) is 7.80. The van der Waals surface area contributed by atoms with Crippen molar-refractivity contribution in [1.82, 2.24) is 10.2 Å². The van der Waals surface area contributed by atoms with E-state index in [2.05, 4.69) is 15.5 Å². The molecule has 0 saturated carbocycles. The molecule has 0 radical (unpaired) electrons. The molecule has 1 amide bonds. The number of carbonyl (C=O) groups excluding carboxylic acids is 1. The van der Waals surface area contributed by atoms with Gasteiger partial charge in [-0.05, 0) is 55.8 Å². The third kappa shape index (κ3) is 7.47. The van der Waals surface area contributed by atoms with Crippen molar-refractivity contribution in [3.05, 3.63) is 58.9 Å². The predicted molar refractivity (Wildman–Crippen MR) is 120 cm³/mol. The number of ether oxygens (including phenoxy) is 1. The fraction of sp³-hybridized carbons (Fsp3) is 0.435. The molecule has 2 aromatic rings. The molecular weight excluding hydrogens is 421 g/mol. The first-order valence-electron chi connectivity index (χ1n) is 10.5. The lowest BCUT2D eigenvalue weighted by Gasteiger charge is -2.33. The second-order valence-corrected chi connectivity index (χ2v) is 8.20. The highest BCUT2D eigenvalue weighted by Gasteiger charge is 2.21. The van der Waals surface area contributed by atoms with Crippen LogP contribution in [-0.2, 0) is 11.3 Å². The lowest BCUT2D eigenvalue weighted by molar-refractivity contribution is -0.114. The monoisotopic (exact) mass is 449 g/mol. The van der Waals surface area contributed by atoms with Crippen molar-refractivity contribution in [2.75, 3.05) is 25.0 Å². The molecule has 31 heavy (non-hydrogen) atoms. The maximum Gasteiger partial charge on any atom is 0.221 e. The van der Waals surface area contributed by atoms with Gasteiger partial charge < -0.3 is 15.2 Å². The minimum absolute atomic E-state index is 0.152. The quantitative estimate of drug-likeness (QED) is 0.508. The molecule has 0 bridgehead atoms. The summed E-state index contributed by atoms with van der Waals surface area (Å²) in [4.78, 5) is 13.6. The van der Waals surface area contributed by atoms with Crippen LogP contribution >= 0.6 is 11.6 Å². The van der Waals surface area contributed by atoms with E-state index in [1.165, 1.54) is 13.0 Å². The molecule has 1 heterocycles. The number of rotatable bonds is 9. The molecule has 1 saturated heterocycles. The van der Waals surface area contributed by atoms with Gasteiger partial charge in [0.1, 0.15) is 17.8 Å². The number of hydrogen-bond donors (Lipinski definition) is 3. The zero-order chi connectivity index (χ0) is 22.2. The molecule has 3 rings (SSSR count). The van der Waals surface area contributed by atoms with Gasteiger partial charge in [0.05, 0.1) is 17.3 Å². The summed E-state index contributed by atoms with van der Waals surface area (Å²) in [6.45, 7) is 4.29. The number of para-hydroxylation sites is 2. The summed E-state index contributed by atoms with van der Waals surface area (Å²) in [6, 6.07) is 12.3. The third-order valence-electron chi connectivity index (χ3n) is 5.25. The molecular formula is C23H29ClFN3O3. The van der Waals surface area contributed by atoms with Crippen LogP contribution in [0.5, 0.6) is 5.75 Å². The van der Waals surface area contributed by atoms with E-state index in [4.69, 9.17) is 16.3 Å². The molecule has 0 spiro atoms. The Kier molecular flexibility index (Phi) is 8.66. The predicted octanol–water partition coefficient (Wildman–Crippen LogP) is 3.78. The van der Waals surface area contributed by atoms with Crippen LogP contribution in [0.15, 0.2) is 42.5 Å². The summed E-state index contributed by atoms with van der Waals surface area (Å²) in [7, 11) is 0. The van der Waals surface area contributed by atoms with Gasteiger partial charge in [-0.3, -0.25) is 15.0 Å². The van der Waals surface area contributed by atoms with Crippen LogP contribution in [0, 0.1) is 5.82 Å². The van der Waals surface area contributed by atoms with Crippen LogP contribution in [0.1, 0.15) is 31.7 Å². The topological polar surface area (TPSA) is 73.8 Å². The zero-order valence-corrected chi connectivity index (χ0v) is 18.4. The minimum Gasteiger partial charge on any atom is -0.491 e. The number of amides is 1. The average Bonchev–Trinajstić information content (AvgIpc) is 2.73. The van der Waals surface area contributed by atoms with E-state index >= 15 is 0 Å². The summed E-state index contributed by atoms with van der Waals surface area (Å²) < 4.78 is 19.0. The van der Waals surface area contributed by atoms with Gasteiger partial charge in [0, 0.05) is 25.9 Å². The molecule has 168 valence electrons. The summed E-state index contributed by atoms with van der Waals surface area (Å²) in [5.74, 6) is 0.0237. The van der Waals surface area contributed by atoms with Crippen molar-refractivity contribution in [2.24, 2.45) is 0 Å². The molecule has 0 aliphatic carbocycles. The van der Waals surface area contributed by atoms with Gasteiger partial charge in [0.15, 0.2) is 0 Å². The highest BCUT2D eigenvalue weighted by molar-refractivity contribution is 6.30. The minimum atomic E-state index is -0.666. The van der Waals surface area contributed by atoms with E-state index in [0.717, 1.165) is 38.0 Å². The number of carbonyl (C=O) groups is 1. The van der Waals surface area contributed by atoms with Crippen LogP contribution in [0.2, 0.25) is 5.02 Å². The number of piperidine rings is 1. The molecule has 1 atom stereocenters. The lowest BCUT2D eigenvalue weighted by Crippen LogP contribution is -2.46. The van der Waals surface area contributed by atoms with Crippen LogP contribution < -0.4 is 15.4 Å². The van der Waals surface area contributed by atoms with Crippen LogP contribution in [0.3, 0.4) is 0 Å². The number of nitrogens with one attached hydrogen (secondary N) is 2. The van der Waals surface area contributed by atoms with Gasteiger partial charge in [-0.1, -0.05) is 29.8 Å². The summed E-state index contributed by atoms with van der Waals surface area (Å²) in [6.07, 6.45) is 1.60. The highest BCUT2D eigenvalue weighted by Crippen LogP contribution is 2.24. The SMILES string of the molecule is CC(=O)Nc1ccccc1OCCC(O)NC1CCN(Cc2ccc(F)c(Cl)c2)CC1. The van der Waals surface area contributed by atoms with Crippen LogP contribution in [0.25, 0.3) is 0 Å². The van der Waals surface area contributed by atoms with E-state index in [1.807, 2.05) is 12.1 Å². The van der Waals surface area contributed by atoms with Crippen molar-refractivity contribution < 1.29 is 19.0 Å². The van der Waals surface area contributed by atoms with Gasteiger partial charge in [-0.2, -0.15) is 0 Å². The fourth-order valence-electron chi connectivity index (χ4n) is 3.68. The number of likely N-dealkylation sites (tertiary alicyclic amines) is 1. The number of hydrogen-bond acceptors (Lipinski definition) is 5. The molecule has 8 heteroatoms. The smallest absolute Gasteiger partial charge is 0.221 e. The molecule has 1 aliphatic rings. The van der Waals surface area contributed by atoms with Crippen molar-refractivity contribution in [3.8, 4) is 5.75 Å². The van der Waals surface area contributed by atoms with E-state index in [-0.39, 0.29) is 17.0 Å². The Bertz CT molecular complexity index is 875. The lowest BCUT2D eigenvalue weighted by atomic mass is 10.0. The number of nitrogens with zero attached hydrogens (tertiary/aromatic N) is 1. The number of anilines is 1. The first-order chi connectivity index (χ1) is 14.9. The first-order valence-corrected chi connectivity index (χ1v) is 10.9. The Labute approximate surface area is 187 Å². The number of benzene rings is 2. The Morgan fingerprint density at radius 3 is 2.74 bits per heavy atom. The number of aliphatic hydroxyl groups excluding tert-OH is 1. The van der Waals surface area contributed by atoms with Gasteiger partial charge in [-0.25, -0.2) is 4.39 Å². The fourth-order valence-corrected chi connectivity index (χ4v) is 3.88. The Balaban J connectivity index is 1.37. The van der Waals surface area contributed by atoms with E-state index in [1.54, 1.807) is 24.3 Å². The molecule has 1 aliphatic heterocycles. The van der Waals surface area contributed by atoms with Crippen LogP contribution in [0.4, 0.5) is 10.1 Å². The molecule has 2 aromatic carbocycles.